The van der Waals surface area contributed by atoms with E-state index in [2.05, 4.69) is 58.5 Å². The molecular formula is C17H20N4OS3. The molecule has 0 unspecified atom stereocenters. The molecule has 0 saturated heterocycles. The zero-order chi connectivity index (χ0) is 17.6. The normalized spacial score (nSPS) is 11.4. The number of nitrogens with zero attached hydrogens (tertiary/aromatic N) is 4. The fourth-order valence-corrected chi connectivity index (χ4v) is 4.89. The maximum atomic E-state index is 5.19. The van der Waals surface area contributed by atoms with Crippen LogP contribution in [0, 0.1) is 0 Å². The summed E-state index contributed by atoms with van der Waals surface area (Å²) in [6.07, 6.45) is 0.784. The van der Waals surface area contributed by atoms with Crippen LogP contribution in [0.3, 0.4) is 0 Å². The van der Waals surface area contributed by atoms with Crippen LogP contribution in [0.5, 0.6) is 0 Å². The van der Waals surface area contributed by atoms with Crippen LogP contribution in [0.25, 0.3) is 0 Å². The molecule has 0 aliphatic carbocycles. The third kappa shape index (κ3) is 5.29. The Morgan fingerprint density at radius 3 is 2.32 bits per heavy atom. The van der Waals surface area contributed by atoms with Gasteiger partial charge in [0.25, 0.3) is 0 Å². The quantitative estimate of drug-likeness (QED) is 0.489. The number of thioether (sulfide) groups is 2. The summed E-state index contributed by atoms with van der Waals surface area (Å²) in [4.78, 5) is 4.30. The van der Waals surface area contributed by atoms with Crippen molar-refractivity contribution in [2.24, 2.45) is 0 Å². The SMILES string of the molecule is CCc1noc(CSc2nnc(SCc3ccc(C(C)C)cc3)s2)n1. The Bertz CT molecular complexity index is 798. The number of rotatable bonds is 8. The molecule has 0 aliphatic heterocycles. The van der Waals surface area contributed by atoms with Crippen LogP contribution in [0.1, 0.15) is 49.5 Å². The molecule has 5 nitrogen and oxygen atoms in total. The lowest BCUT2D eigenvalue weighted by atomic mass is 10.0. The van der Waals surface area contributed by atoms with Crippen molar-refractivity contribution in [1.29, 1.82) is 0 Å². The summed E-state index contributed by atoms with van der Waals surface area (Å²) in [5.74, 6) is 3.48. The second-order valence-electron chi connectivity index (χ2n) is 5.77. The Labute approximate surface area is 160 Å². The molecule has 2 heterocycles. The Balaban J connectivity index is 1.49. The van der Waals surface area contributed by atoms with Gasteiger partial charge in [0.2, 0.25) is 5.89 Å². The number of hydrogen-bond donors (Lipinski definition) is 0. The van der Waals surface area contributed by atoms with Gasteiger partial charge in [-0.2, -0.15) is 4.98 Å². The van der Waals surface area contributed by atoms with Gasteiger partial charge in [0.1, 0.15) is 0 Å². The molecule has 0 fully saturated rings. The Morgan fingerprint density at radius 2 is 1.72 bits per heavy atom. The zero-order valence-electron chi connectivity index (χ0n) is 14.4. The molecular weight excluding hydrogens is 372 g/mol. The maximum absolute atomic E-state index is 5.19. The van der Waals surface area contributed by atoms with Crippen molar-refractivity contribution in [3.8, 4) is 0 Å². The molecule has 8 heteroatoms. The molecule has 0 saturated carbocycles. The van der Waals surface area contributed by atoms with Crippen LogP contribution >= 0.6 is 34.9 Å². The molecule has 1 aromatic carbocycles. The smallest absolute Gasteiger partial charge is 0.237 e. The van der Waals surface area contributed by atoms with Crippen molar-refractivity contribution in [1.82, 2.24) is 20.3 Å². The summed E-state index contributed by atoms with van der Waals surface area (Å²) in [5.41, 5.74) is 2.67. The molecule has 3 aromatic rings. The van der Waals surface area contributed by atoms with E-state index < -0.39 is 0 Å². The van der Waals surface area contributed by atoms with Crippen LogP contribution in [0.4, 0.5) is 0 Å². The van der Waals surface area contributed by atoms with Crippen molar-refractivity contribution in [3.63, 3.8) is 0 Å². The second-order valence-corrected chi connectivity index (χ2v) is 9.19. The summed E-state index contributed by atoms with van der Waals surface area (Å²) in [6, 6.07) is 8.80. The highest BCUT2D eigenvalue weighted by molar-refractivity contribution is 8.02. The van der Waals surface area contributed by atoms with Gasteiger partial charge in [-0.25, -0.2) is 0 Å². The van der Waals surface area contributed by atoms with Gasteiger partial charge in [0, 0.05) is 12.2 Å². The van der Waals surface area contributed by atoms with Crippen molar-refractivity contribution < 1.29 is 4.52 Å². The van der Waals surface area contributed by atoms with E-state index in [1.165, 1.54) is 11.1 Å². The summed E-state index contributed by atoms with van der Waals surface area (Å²) in [7, 11) is 0. The van der Waals surface area contributed by atoms with Crippen LogP contribution < -0.4 is 0 Å². The van der Waals surface area contributed by atoms with E-state index in [1.807, 2.05) is 6.92 Å². The standard InChI is InChI=1S/C17H20N4OS3/c1-4-14-18-15(22-21-14)10-24-17-20-19-16(25-17)23-9-12-5-7-13(8-6-12)11(2)3/h5-8,11H,4,9-10H2,1-3H3. The molecule has 132 valence electrons. The van der Waals surface area contributed by atoms with Crippen LogP contribution in [-0.4, -0.2) is 20.3 Å². The van der Waals surface area contributed by atoms with Gasteiger partial charge in [0.05, 0.1) is 5.75 Å². The average Bonchev–Trinajstić information content (AvgIpc) is 3.27. The first kappa shape index (κ1) is 18.4. The summed E-state index contributed by atoms with van der Waals surface area (Å²) in [6.45, 7) is 6.43. The number of aryl methyl sites for hydroxylation is 1. The Morgan fingerprint density at radius 1 is 1.04 bits per heavy atom. The largest absolute Gasteiger partial charge is 0.338 e. The first-order valence-corrected chi connectivity index (χ1v) is 10.9. The van der Waals surface area contributed by atoms with E-state index >= 15 is 0 Å². The lowest BCUT2D eigenvalue weighted by Gasteiger charge is -2.05. The van der Waals surface area contributed by atoms with E-state index in [4.69, 9.17) is 4.52 Å². The van der Waals surface area contributed by atoms with Crippen LogP contribution in [0.2, 0.25) is 0 Å². The van der Waals surface area contributed by atoms with Gasteiger partial charge in [-0.05, 0) is 17.0 Å². The minimum Gasteiger partial charge on any atom is -0.338 e. The van der Waals surface area contributed by atoms with Gasteiger partial charge >= 0.3 is 0 Å². The number of aromatic nitrogens is 4. The van der Waals surface area contributed by atoms with E-state index in [-0.39, 0.29) is 0 Å². The van der Waals surface area contributed by atoms with E-state index in [1.54, 1.807) is 34.9 Å². The zero-order valence-corrected chi connectivity index (χ0v) is 16.9. The molecule has 0 N–H and O–H groups in total. The van der Waals surface area contributed by atoms with Gasteiger partial charge in [-0.15, -0.1) is 10.2 Å². The molecule has 25 heavy (non-hydrogen) atoms. The summed E-state index contributed by atoms with van der Waals surface area (Å²) in [5, 5.41) is 12.4. The minimum atomic E-state index is 0.566. The number of hydrogen-bond acceptors (Lipinski definition) is 8. The fourth-order valence-electron chi connectivity index (χ4n) is 2.07. The second kappa shape index (κ2) is 8.82. The van der Waals surface area contributed by atoms with E-state index in [0.29, 0.717) is 17.6 Å². The molecule has 0 bridgehead atoms. The maximum Gasteiger partial charge on any atom is 0.237 e. The third-order valence-corrected chi connectivity index (χ3v) is 6.79. The molecule has 0 atom stereocenters. The van der Waals surface area contributed by atoms with E-state index in [0.717, 1.165) is 26.7 Å². The van der Waals surface area contributed by atoms with Gasteiger partial charge < -0.3 is 4.52 Å². The summed E-state index contributed by atoms with van der Waals surface area (Å²) < 4.78 is 7.09. The molecule has 0 aliphatic rings. The lowest BCUT2D eigenvalue weighted by molar-refractivity contribution is 0.385. The first-order valence-electron chi connectivity index (χ1n) is 8.13. The Hall–Kier alpha value is -1.38. The highest BCUT2D eigenvalue weighted by atomic mass is 32.2. The van der Waals surface area contributed by atoms with Crippen LogP contribution in [-0.2, 0) is 17.9 Å². The molecule has 0 radical (unpaired) electrons. The third-order valence-electron chi connectivity index (χ3n) is 3.54. The predicted octanol–water partition coefficient (Wildman–Crippen LogP) is 5.19. The molecule has 3 rings (SSSR count). The highest BCUT2D eigenvalue weighted by Crippen LogP contribution is 2.32. The fraction of sp³-hybridized carbons (Fsp3) is 0.412. The summed E-state index contributed by atoms with van der Waals surface area (Å²) >= 11 is 4.90. The van der Waals surface area contributed by atoms with Crippen molar-refractivity contribution >= 4 is 34.9 Å². The molecule has 2 aromatic heterocycles. The van der Waals surface area contributed by atoms with Crippen LogP contribution in [0.15, 0.2) is 37.5 Å². The first-order chi connectivity index (χ1) is 12.1. The van der Waals surface area contributed by atoms with Gasteiger partial charge in [0.15, 0.2) is 14.5 Å². The minimum absolute atomic E-state index is 0.566. The predicted molar refractivity (Wildman–Crippen MR) is 103 cm³/mol. The number of benzene rings is 1. The topological polar surface area (TPSA) is 64.7 Å². The molecule has 0 spiro atoms. The van der Waals surface area contributed by atoms with Gasteiger partial charge in [-0.1, -0.05) is 85.1 Å². The average molecular weight is 393 g/mol. The monoisotopic (exact) mass is 392 g/mol. The van der Waals surface area contributed by atoms with Crippen molar-refractivity contribution in [3.05, 3.63) is 47.1 Å². The van der Waals surface area contributed by atoms with E-state index in [9.17, 15) is 0 Å². The van der Waals surface area contributed by atoms with Crippen molar-refractivity contribution in [2.45, 2.75) is 53.3 Å². The highest BCUT2D eigenvalue weighted by Gasteiger charge is 2.10. The van der Waals surface area contributed by atoms with Gasteiger partial charge in [-0.3, -0.25) is 0 Å². The Kier molecular flexibility index (Phi) is 6.50. The van der Waals surface area contributed by atoms with Crippen molar-refractivity contribution in [2.75, 3.05) is 0 Å². The molecule has 0 amide bonds. The lowest BCUT2D eigenvalue weighted by Crippen LogP contribution is -1.87.